The third-order valence-electron chi connectivity index (χ3n) is 2.14. The van der Waals surface area contributed by atoms with Gasteiger partial charge in [0.25, 0.3) is 0 Å². The molecule has 86 valence electrons. The number of thiophene rings is 1. The third-order valence-corrected chi connectivity index (χ3v) is 2.98. The fourth-order valence-corrected chi connectivity index (χ4v) is 2.08. The maximum atomic E-state index is 11.5. The van der Waals surface area contributed by atoms with Gasteiger partial charge >= 0.3 is 0 Å². The number of hydrogen-bond acceptors (Lipinski definition) is 3. The van der Waals surface area contributed by atoms with Crippen LogP contribution in [0.2, 0.25) is 0 Å². The van der Waals surface area contributed by atoms with E-state index in [1.807, 2.05) is 47.8 Å². The minimum atomic E-state index is -0.0976. The van der Waals surface area contributed by atoms with Crippen LogP contribution in [0.5, 0.6) is 0 Å². The molecule has 0 atom stereocenters. The Hall–Kier alpha value is -1.94. The number of carbonyl (C=O) groups is 1. The average Bonchev–Trinajstić information content (AvgIpc) is 2.84. The van der Waals surface area contributed by atoms with E-state index >= 15 is 0 Å². The number of hydrazone groups is 1. The Morgan fingerprint density at radius 1 is 1.24 bits per heavy atom. The molecule has 1 aromatic heterocycles. The Kier molecular flexibility index (Phi) is 3.67. The number of carbonyl (C=O) groups excluding carboxylic acids is 1. The van der Waals surface area contributed by atoms with E-state index in [0.717, 1.165) is 10.6 Å². The minimum absolute atomic E-state index is 0.0976. The predicted molar refractivity (Wildman–Crippen MR) is 71.5 cm³/mol. The number of hydrogen-bond donors (Lipinski definition) is 0. The van der Waals surface area contributed by atoms with Gasteiger partial charge in [-0.1, -0.05) is 30.3 Å². The van der Waals surface area contributed by atoms with E-state index in [9.17, 15) is 4.79 Å². The molecule has 0 N–H and O–H groups in total. The van der Waals surface area contributed by atoms with Crippen molar-refractivity contribution in [3.8, 4) is 0 Å². The first-order valence-electron chi connectivity index (χ1n) is 5.20. The molecule has 0 unspecified atom stereocenters. The van der Waals surface area contributed by atoms with Gasteiger partial charge < -0.3 is 0 Å². The number of benzene rings is 1. The van der Waals surface area contributed by atoms with E-state index in [2.05, 4.69) is 5.10 Å². The van der Waals surface area contributed by atoms with E-state index in [0.29, 0.717) is 0 Å². The zero-order valence-electron chi connectivity index (χ0n) is 9.41. The molecule has 0 radical (unpaired) electrons. The van der Waals surface area contributed by atoms with Gasteiger partial charge in [0.15, 0.2) is 0 Å². The average molecular weight is 244 g/mol. The molecule has 2 aromatic rings. The lowest BCUT2D eigenvalue weighted by Gasteiger charge is -2.11. The Balaban J connectivity index is 2.20. The van der Waals surface area contributed by atoms with Gasteiger partial charge in [0, 0.05) is 6.92 Å². The summed E-state index contributed by atoms with van der Waals surface area (Å²) in [5.41, 5.74) is 0.968. The lowest BCUT2D eigenvalue weighted by molar-refractivity contribution is -0.116. The SMILES string of the molecule is CC(=O)N(N=Cc1ccccc1)c1cccs1. The first-order chi connectivity index (χ1) is 8.27. The topological polar surface area (TPSA) is 32.7 Å². The van der Waals surface area contributed by atoms with Crippen LogP contribution in [0.4, 0.5) is 5.00 Å². The predicted octanol–water partition coefficient (Wildman–Crippen LogP) is 3.14. The van der Waals surface area contributed by atoms with Gasteiger partial charge in [-0.05, 0) is 23.1 Å². The van der Waals surface area contributed by atoms with Crippen LogP contribution in [0.25, 0.3) is 0 Å². The van der Waals surface area contributed by atoms with Gasteiger partial charge in [0.05, 0.1) is 6.21 Å². The molecule has 0 aliphatic carbocycles. The second kappa shape index (κ2) is 5.41. The van der Waals surface area contributed by atoms with Crippen molar-refractivity contribution in [3.63, 3.8) is 0 Å². The molecule has 1 aromatic carbocycles. The first kappa shape index (κ1) is 11.5. The largest absolute Gasteiger partial charge is 0.273 e. The van der Waals surface area contributed by atoms with Gasteiger partial charge in [-0.25, -0.2) is 0 Å². The van der Waals surface area contributed by atoms with Gasteiger partial charge in [-0.2, -0.15) is 10.1 Å². The highest BCUT2D eigenvalue weighted by Gasteiger charge is 2.09. The second-order valence-corrected chi connectivity index (χ2v) is 4.36. The lowest BCUT2D eigenvalue weighted by atomic mass is 10.2. The third kappa shape index (κ3) is 3.01. The van der Waals surface area contributed by atoms with E-state index in [1.54, 1.807) is 6.21 Å². The van der Waals surface area contributed by atoms with Crippen molar-refractivity contribution in [3.05, 3.63) is 53.4 Å². The zero-order valence-corrected chi connectivity index (χ0v) is 10.2. The van der Waals surface area contributed by atoms with Crippen LogP contribution >= 0.6 is 11.3 Å². The summed E-state index contributed by atoms with van der Waals surface area (Å²) in [7, 11) is 0. The van der Waals surface area contributed by atoms with Crippen molar-refractivity contribution >= 4 is 28.5 Å². The number of anilines is 1. The van der Waals surface area contributed by atoms with Crippen LogP contribution in [0.3, 0.4) is 0 Å². The molecule has 0 spiro atoms. The fraction of sp³-hybridized carbons (Fsp3) is 0.0769. The highest BCUT2D eigenvalue weighted by molar-refractivity contribution is 7.14. The van der Waals surface area contributed by atoms with E-state index in [4.69, 9.17) is 0 Å². The molecular weight excluding hydrogens is 232 g/mol. The molecule has 17 heavy (non-hydrogen) atoms. The van der Waals surface area contributed by atoms with Crippen molar-refractivity contribution in [1.82, 2.24) is 0 Å². The summed E-state index contributed by atoms with van der Waals surface area (Å²) in [5, 5.41) is 8.35. The van der Waals surface area contributed by atoms with Crippen LogP contribution in [-0.4, -0.2) is 12.1 Å². The van der Waals surface area contributed by atoms with Gasteiger partial charge in [-0.15, -0.1) is 11.3 Å². The molecule has 0 saturated carbocycles. The van der Waals surface area contributed by atoms with Crippen LogP contribution in [0, 0.1) is 0 Å². The standard InChI is InChI=1S/C13H12N2OS/c1-11(16)15(13-8-5-9-17-13)14-10-12-6-3-2-4-7-12/h2-10H,1H3. The Morgan fingerprint density at radius 2 is 2.00 bits per heavy atom. The molecule has 1 amide bonds. The quantitative estimate of drug-likeness (QED) is 0.603. The zero-order chi connectivity index (χ0) is 12.1. The first-order valence-corrected chi connectivity index (χ1v) is 6.08. The molecule has 4 heteroatoms. The summed E-state index contributed by atoms with van der Waals surface area (Å²) in [6.45, 7) is 1.50. The maximum absolute atomic E-state index is 11.5. The molecule has 0 aliphatic rings. The molecule has 0 aliphatic heterocycles. The second-order valence-electron chi connectivity index (χ2n) is 3.44. The maximum Gasteiger partial charge on any atom is 0.245 e. The van der Waals surface area contributed by atoms with E-state index in [1.165, 1.54) is 23.3 Å². The Bertz CT molecular complexity index is 505. The van der Waals surface area contributed by atoms with Gasteiger partial charge in [0.2, 0.25) is 5.91 Å². The highest BCUT2D eigenvalue weighted by atomic mass is 32.1. The summed E-state index contributed by atoms with van der Waals surface area (Å²) in [6.07, 6.45) is 1.68. The van der Waals surface area contributed by atoms with Crippen LogP contribution in [0.15, 0.2) is 52.9 Å². The van der Waals surface area contributed by atoms with Crippen LogP contribution in [-0.2, 0) is 4.79 Å². The summed E-state index contributed by atoms with van der Waals surface area (Å²) in [5.74, 6) is -0.0976. The van der Waals surface area contributed by atoms with E-state index in [-0.39, 0.29) is 5.91 Å². The van der Waals surface area contributed by atoms with Gasteiger partial charge in [0.1, 0.15) is 5.00 Å². The van der Waals surface area contributed by atoms with Crippen molar-refractivity contribution in [1.29, 1.82) is 0 Å². The van der Waals surface area contributed by atoms with Crippen LogP contribution in [0.1, 0.15) is 12.5 Å². The van der Waals surface area contributed by atoms with Crippen LogP contribution < -0.4 is 5.01 Å². The van der Waals surface area contributed by atoms with Gasteiger partial charge in [-0.3, -0.25) is 4.79 Å². The summed E-state index contributed by atoms with van der Waals surface area (Å²) in [4.78, 5) is 11.5. The molecule has 0 bridgehead atoms. The van der Waals surface area contributed by atoms with Crippen molar-refractivity contribution in [2.75, 3.05) is 5.01 Å². The van der Waals surface area contributed by atoms with Crippen molar-refractivity contribution < 1.29 is 4.79 Å². The summed E-state index contributed by atoms with van der Waals surface area (Å²) < 4.78 is 0. The summed E-state index contributed by atoms with van der Waals surface area (Å²) >= 11 is 1.49. The molecule has 1 heterocycles. The monoisotopic (exact) mass is 244 g/mol. The van der Waals surface area contributed by atoms with E-state index < -0.39 is 0 Å². The molecular formula is C13H12N2OS. The highest BCUT2D eigenvalue weighted by Crippen LogP contribution is 2.21. The molecule has 3 nitrogen and oxygen atoms in total. The normalized spacial score (nSPS) is 10.6. The number of rotatable bonds is 3. The number of nitrogens with zero attached hydrogens (tertiary/aromatic N) is 2. The minimum Gasteiger partial charge on any atom is -0.273 e. The number of amides is 1. The molecule has 2 rings (SSSR count). The Labute approximate surface area is 104 Å². The lowest BCUT2D eigenvalue weighted by Crippen LogP contribution is -2.21. The fourth-order valence-electron chi connectivity index (χ4n) is 1.35. The van der Waals surface area contributed by atoms with Crippen molar-refractivity contribution in [2.45, 2.75) is 6.92 Å². The summed E-state index contributed by atoms with van der Waals surface area (Å²) in [6, 6.07) is 13.5. The smallest absolute Gasteiger partial charge is 0.245 e. The molecule has 0 saturated heterocycles. The van der Waals surface area contributed by atoms with Crippen molar-refractivity contribution in [2.24, 2.45) is 5.10 Å². The Morgan fingerprint density at radius 3 is 2.59 bits per heavy atom. The molecule has 0 fully saturated rings.